The van der Waals surface area contributed by atoms with Crippen LogP contribution in [0, 0.1) is 5.92 Å². The van der Waals surface area contributed by atoms with Gasteiger partial charge in [0.1, 0.15) is 0 Å². The van der Waals surface area contributed by atoms with Gasteiger partial charge in [-0.15, -0.1) is 0 Å². The smallest absolute Gasteiger partial charge is 0.363 e. The van der Waals surface area contributed by atoms with E-state index in [0.29, 0.717) is 29.9 Å². The van der Waals surface area contributed by atoms with Gasteiger partial charge < -0.3 is 4.74 Å². The molecule has 0 bridgehead atoms. The fourth-order valence-corrected chi connectivity index (χ4v) is 2.02. The Morgan fingerprint density at radius 2 is 1.80 bits per heavy atom. The molecule has 2 rings (SSSR count). The van der Waals surface area contributed by atoms with E-state index in [2.05, 4.69) is 44.8 Å². The minimum Gasteiger partial charge on any atom is -0.407 e. The molecule has 0 aliphatic carbocycles. The minimum atomic E-state index is -0.353. The second-order valence-electron chi connectivity index (χ2n) is 5.84. The van der Waals surface area contributed by atoms with Crippen LogP contribution in [0.15, 0.2) is 35.0 Å². The average molecular weight is 271 g/mol. The number of ether oxygens (including phenoxy) is 1. The first-order valence-electron chi connectivity index (χ1n) is 7.07. The Kier molecular flexibility index (Phi) is 4.38. The lowest BCUT2D eigenvalue weighted by Crippen LogP contribution is -2.06. The maximum atomic E-state index is 11.7. The highest BCUT2D eigenvalue weighted by Crippen LogP contribution is 2.20. The van der Waals surface area contributed by atoms with Crippen LogP contribution in [-0.4, -0.2) is 11.9 Å². The third kappa shape index (κ3) is 3.56. The van der Waals surface area contributed by atoms with Crippen LogP contribution in [0.5, 0.6) is 0 Å². The van der Waals surface area contributed by atoms with Gasteiger partial charge in [0.2, 0.25) is 0 Å². The van der Waals surface area contributed by atoms with Crippen LogP contribution in [0.25, 0.3) is 6.08 Å². The zero-order valence-electron chi connectivity index (χ0n) is 12.5. The lowest BCUT2D eigenvalue weighted by Gasteiger charge is -2.04. The quantitative estimate of drug-likeness (QED) is 0.609. The van der Waals surface area contributed by atoms with Crippen LogP contribution in [-0.2, 0) is 9.53 Å². The number of carbonyl (C=O) groups excluding carboxylic acids is 1. The number of rotatable bonds is 4. The van der Waals surface area contributed by atoms with E-state index in [1.165, 1.54) is 5.56 Å². The third-order valence-corrected chi connectivity index (χ3v) is 3.15. The Morgan fingerprint density at radius 3 is 2.35 bits per heavy atom. The summed E-state index contributed by atoms with van der Waals surface area (Å²) in [5.41, 5.74) is 2.64. The summed E-state index contributed by atoms with van der Waals surface area (Å²) in [6.45, 7) is 8.46. The molecule has 0 radical (unpaired) electrons. The van der Waals surface area contributed by atoms with Crippen molar-refractivity contribution in [3.8, 4) is 0 Å². The Morgan fingerprint density at radius 1 is 1.15 bits per heavy atom. The van der Waals surface area contributed by atoms with Crippen LogP contribution in [0.3, 0.4) is 0 Å². The molecule has 0 saturated carbocycles. The summed E-state index contributed by atoms with van der Waals surface area (Å²) >= 11 is 0. The molecule has 3 heteroatoms. The van der Waals surface area contributed by atoms with E-state index in [1.54, 1.807) is 6.08 Å². The molecule has 0 N–H and O–H groups in total. The van der Waals surface area contributed by atoms with Gasteiger partial charge in [-0.25, -0.2) is 9.79 Å². The van der Waals surface area contributed by atoms with Gasteiger partial charge in [-0.2, -0.15) is 0 Å². The molecule has 0 amide bonds. The number of aliphatic imine (C=N–C) groups is 1. The zero-order chi connectivity index (χ0) is 14.7. The second kappa shape index (κ2) is 6.04. The topological polar surface area (TPSA) is 38.7 Å². The first kappa shape index (κ1) is 14.5. The number of carbonyl (C=O) groups is 1. The Hall–Kier alpha value is -1.90. The SMILES string of the molecule is CC(C)CC1=N/C(=C/c2ccc(C(C)C)cc2)C(=O)O1. The Balaban J connectivity index is 2.17. The number of benzene rings is 1. The van der Waals surface area contributed by atoms with Crippen molar-refractivity contribution in [2.24, 2.45) is 10.9 Å². The van der Waals surface area contributed by atoms with Crippen LogP contribution >= 0.6 is 0 Å². The maximum Gasteiger partial charge on any atom is 0.363 e. The van der Waals surface area contributed by atoms with Gasteiger partial charge in [-0.1, -0.05) is 52.0 Å². The summed E-state index contributed by atoms with van der Waals surface area (Å²) in [6.07, 6.45) is 2.47. The molecule has 1 aliphatic rings. The monoisotopic (exact) mass is 271 g/mol. The molecule has 0 aromatic heterocycles. The molecule has 0 atom stereocenters. The highest BCUT2D eigenvalue weighted by Gasteiger charge is 2.23. The van der Waals surface area contributed by atoms with E-state index in [4.69, 9.17) is 4.74 Å². The van der Waals surface area contributed by atoms with Crippen molar-refractivity contribution in [1.82, 2.24) is 0 Å². The molecule has 1 aliphatic heterocycles. The lowest BCUT2D eigenvalue weighted by atomic mass is 10.0. The number of hydrogen-bond acceptors (Lipinski definition) is 3. The van der Waals surface area contributed by atoms with Gasteiger partial charge in [0.25, 0.3) is 0 Å². The normalized spacial score (nSPS) is 17.0. The van der Waals surface area contributed by atoms with Crippen molar-refractivity contribution in [1.29, 1.82) is 0 Å². The molecule has 106 valence electrons. The van der Waals surface area contributed by atoms with Crippen molar-refractivity contribution in [2.75, 3.05) is 0 Å². The summed E-state index contributed by atoms with van der Waals surface area (Å²) in [5, 5.41) is 0. The third-order valence-electron chi connectivity index (χ3n) is 3.15. The first-order chi connectivity index (χ1) is 9.45. The molecule has 1 heterocycles. The minimum absolute atomic E-state index is 0.353. The largest absolute Gasteiger partial charge is 0.407 e. The molecule has 0 spiro atoms. The molecule has 0 unspecified atom stereocenters. The van der Waals surface area contributed by atoms with Gasteiger partial charge in [0, 0.05) is 6.42 Å². The number of hydrogen-bond donors (Lipinski definition) is 0. The molecule has 1 aromatic rings. The second-order valence-corrected chi connectivity index (χ2v) is 5.84. The summed E-state index contributed by atoms with van der Waals surface area (Å²) in [4.78, 5) is 16.0. The molecule has 1 aromatic carbocycles. The summed E-state index contributed by atoms with van der Waals surface area (Å²) in [7, 11) is 0. The summed E-state index contributed by atoms with van der Waals surface area (Å²) in [5.74, 6) is 1.10. The van der Waals surface area contributed by atoms with Crippen molar-refractivity contribution >= 4 is 17.9 Å². The summed E-state index contributed by atoms with van der Waals surface area (Å²) in [6, 6.07) is 8.17. The van der Waals surface area contributed by atoms with Crippen molar-refractivity contribution in [2.45, 2.75) is 40.0 Å². The zero-order valence-corrected chi connectivity index (χ0v) is 12.5. The van der Waals surface area contributed by atoms with Crippen LogP contribution in [0.1, 0.15) is 51.2 Å². The predicted molar refractivity (Wildman–Crippen MR) is 81.5 cm³/mol. The van der Waals surface area contributed by atoms with Crippen LogP contribution < -0.4 is 0 Å². The molecular weight excluding hydrogens is 250 g/mol. The maximum absolute atomic E-state index is 11.7. The lowest BCUT2D eigenvalue weighted by molar-refractivity contribution is -0.130. The van der Waals surface area contributed by atoms with Gasteiger partial charge >= 0.3 is 5.97 Å². The fourth-order valence-electron chi connectivity index (χ4n) is 2.02. The molecule has 0 saturated heterocycles. The highest BCUT2D eigenvalue weighted by atomic mass is 16.6. The number of esters is 1. The Bertz CT molecular complexity index is 551. The van der Waals surface area contributed by atoms with Gasteiger partial charge in [-0.3, -0.25) is 0 Å². The van der Waals surface area contributed by atoms with E-state index < -0.39 is 0 Å². The van der Waals surface area contributed by atoms with E-state index in [-0.39, 0.29) is 5.97 Å². The fraction of sp³-hybridized carbons (Fsp3) is 0.412. The van der Waals surface area contributed by atoms with E-state index in [1.807, 2.05) is 12.1 Å². The van der Waals surface area contributed by atoms with E-state index in [9.17, 15) is 4.79 Å². The average Bonchev–Trinajstić information content (AvgIpc) is 2.69. The molecule has 3 nitrogen and oxygen atoms in total. The van der Waals surface area contributed by atoms with E-state index in [0.717, 1.165) is 5.56 Å². The molecular formula is C17H21NO2. The first-order valence-corrected chi connectivity index (χ1v) is 7.07. The van der Waals surface area contributed by atoms with Gasteiger partial charge in [0.15, 0.2) is 11.6 Å². The van der Waals surface area contributed by atoms with Crippen molar-refractivity contribution < 1.29 is 9.53 Å². The van der Waals surface area contributed by atoms with Crippen molar-refractivity contribution in [3.63, 3.8) is 0 Å². The molecule has 0 fully saturated rings. The predicted octanol–water partition coefficient (Wildman–Crippen LogP) is 4.15. The van der Waals surface area contributed by atoms with Gasteiger partial charge in [0.05, 0.1) is 0 Å². The molecule has 20 heavy (non-hydrogen) atoms. The number of cyclic esters (lactones) is 1. The standard InChI is InChI=1S/C17H21NO2/c1-11(2)9-16-18-15(17(19)20-16)10-13-5-7-14(8-6-13)12(3)4/h5-8,10-12H,9H2,1-4H3/b15-10+. The van der Waals surface area contributed by atoms with Crippen molar-refractivity contribution in [3.05, 3.63) is 41.1 Å². The number of nitrogens with zero attached hydrogens (tertiary/aromatic N) is 1. The highest BCUT2D eigenvalue weighted by molar-refractivity contribution is 6.07. The Labute approximate surface area is 120 Å². The summed E-state index contributed by atoms with van der Waals surface area (Å²) < 4.78 is 5.16. The van der Waals surface area contributed by atoms with Crippen LogP contribution in [0.4, 0.5) is 0 Å². The van der Waals surface area contributed by atoms with Crippen LogP contribution in [0.2, 0.25) is 0 Å². The van der Waals surface area contributed by atoms with E-state index >= 15 is 0 Å². The van der Waals surface area contributed by atoms with Gasteiger partial charge in [-0.05, 0) is 29.0 Å².